The predicted molar refractivity (Wildman–Crippen MR) is 110 cm³/mol. The van der Waals surface area contributed by atoms with E-state index in [2.05, 4.69) is 20.5 Å². The molecule has 0 bridgehead atoms. The van der Waals surface area contributed by atoms with Crippen LogP contribution in [-0.2, 0) is 12.6 Å². The van der Waals surface area contributed by atoms with Crippen molar-refractivity contribution in [3.05, 3.63) is 71.9 Å². The number of aldehydes is 1. The number of hydrogen-bond donors (Lipinski definition) is 2. The van der Waals surface area contributed by atoms with E-state index < -0.39 is 0 Å². The van der Waals surface area contributed by atoms with Crippen LogP contribution in [0, 0.1) is 5.82 Å². The van der Waals surface area contributed by atoms with Crippen molar-refractivity contribution in [2.45, 2.75) is 18.4 Å². The first-order valence-electron chi connectivity index (χ1n) is 9.43. The number of aromatic amines is 1. The minimum Gasteiger partial charge on any atom is -0.326 e. The summed E-state index contributed by atoms with van der Waals surface area (Å²) >= 11 is 0. The first-order valence-corrected chi connectivity index (χ1v) is 9.43. The molecule has 0 aliphatic heterocycles. The molecule has 7 heteroatoms. The lowest BCUT2D eigenvalue weighted by Crippen LogP contribution is -2.25. The van der Waals surface area contributed by atoms with Gasteiger partial charge in [-0.05, 0) is 44.2 Å². The van der Waals surface area contributed by atoms with E-state index in [1.165, 1.54) is 6.07 Å². The second-order valence-electron chi connectivity index (χ2n) is 7.15. The molecule has 6 nitrogen and oxygen atoms in total. The minimum absolute atomic E-state index is 0.0503. The van der Waals surface area contributed by atoms with Gasteiger partial charge in [-0.1, -0.05) is 18.2 Å². The first kappa shape index (κ1) is 19.0. The van der Waals surface area contributed by atoms with E-state index in [0.717, 1.165) is 47.0 Å². The summed E-state index contributed by atoms with van der Waals surface area (Å²) in [6, 6.07) is 12.7. The predicted octanol–water partition coefficient (Wildman–Crippen LogP) is 3.81. The van der Waals surface area contributed by atoms with E-state index >= 15 is 0 Å². The van der Waals surface area contributed by atoms with Crippen molar-refractivity contribution in [3.63, 3.8) is 0 Å². The number of nitrogens with zero attached hydrogens (tertiary/aromatic N) is 3. The van der Waals surface area contributed by atoms with Crippen LogP contribution >= 0.6 is 0 Å². The van der Waals surface area contributed by atoms with Crippen molar-refractivity contribution in [3.8, 4) is 11.3 Å². The number of pyridine rings is 1. The molecular weight excluding hydrogens is 369 g/mol. The Labute approximate surface area is 167 Å². The van der Waals surface area contributed by atoms with Gasteiger partial charge >= 0.3 is 0 Å². The average molecular weight is 391 g/mol. The molecule has 0 atom stereocenters. The van der Waals surface area contributed by atoms with Gasteiger partial charge in [0.2, 0.25) is 0 Å². The molecule has 1 aliphatic rings. The first-order chi connectivity index (χ1) is 14.1. The number of aryl methyl sites for hydroxylation is 1. The number of fused-ring (bicyclic) bond motifs is 1. The number of nitrogens with one attached hydrogen (secondary N) is 2. The Morgan fingerprint density at radius 3 is 2.66 bits per heavy atom. The molecule has 1 fully saturated rings. The van der Waals surface area contributed by atoms with Gasteiger partial charge in [0.05, 0.1) is 17.6 Å². The normalized spacial score (nSPS) is 14.3. The fraction of sp³-hybridized carbons (Fsp3) is 0.227. The van der Waals surface area contributed by atoms with Crippen molar-refractivity contribution in [2.24, 2.45) is 7.05 Å². The highest BCUT2D eigenvalue weighted by molar-refractivity contribution is 5.87. The molecule has 5 rings (SSSR count). The van der Waals surface area contributed by atoms with Crippen molar-refractivity contribution in [1.82, 2.24) is 25.1 Å². The molecule has 0 unspecified atom stereocenters. The fourth-order valence-corrected chi connectivity index (χ4v) is 3.51. The van der Waals surface area contributed by atoms with Crippen LogP contribution in [0.5, 0.6) is 0 Å². The quantitative estimate of drug-likeness (QED) is 0.519. The van der Waals surface area contributed by atoms with Gasteiger partial charge in [-0.3, -0.25) is 9.89 Å². The van der Waals surface area contributed by atoms with Gasteiger partial charge in [0.1, 0.15) is 11.5 Å². The maximum absolute atomic E-state index is 13.3. The second kappa shape index (κ2) is 7.60. The third-order valence-corrected chi connectivity index (χ3v) is 5.45. The lowest BCUT2D eigenvalue weighted by Gasteiger charge is -2.14. The summed E-state index contributed by atoms with van der Waals surface area (Å²) in [5.41, 5.74) is 3.95. The fourth-order valence-electron chi connectivity index (χ4n) is 3.51. The molecule has 3 heterocycles. The van der Waals surface area contributed by atoms with E-state index in [1.807, 2.05) is 44.4 Å². The topological polar surface area (TPSA) is 75.6 Å². The number of H-pyrrole nitrogens is 1. The number of benzene rings is 1. The molecule has 0 amide bonds. The summed E-state index contributed by atoms with van der Waals surface area (Å²) in [4.78, 5) is 15.4. The number of hydrogen-bond acceptors (Lipinski definition) is 4. The van der Waals surface area contributed by atoms with Crippen molar-refractivity contribution < 1.29 is 9.18 Å². The Morgan fingerprint density at radius 2 is 2.03 bits per heavy atom. The van der Waals surface area contributed by atoms with E-state index in [-0.39, 0.29) is 11.4 Å². The SMILES string of the molecule is CNC1(c2ccccc2F)CC1.Cn1c(C=O)cc2ccc(-c3cn[nH]c3)nc21. The van der Waals surface area contributed by atoms with Crippen molar-refractivity contribution in [1.29, 1.82) is 0 Å². The molecule has 0 spiro atoms. The molecule has 3 aromatic heterocycles. The van der Waals surface area contributed by atoms with E-state index in [4.69, 9.17) is 0 Å². The number of rotatable bonds is 4. The van der Waals surface area contributed by atoms with Crippen LogP contribution < -0.4 is 5.32 Å². The van der Waals surface area contributed by atoms with E-state index in [1.54, 1.807) is 23.0 Å². The van der Waals surface area contributed by atoms with E-state index in [0.29, 0.717) is 5.69 Å². The Balaban J connectivity index is 0.000000150. The summed E-state index contributed by atoms with van der Waals surface area (Å²) < 4.78 is 15.1. The summed E-state index contributed by atoms with van der Waals surface area (Å²) in [6.07, 6.45) is 6.43. The van der Waals surface area contributed by atoms with Gasteiger partial charge in [-0.2, -0.15) is 5.10 Å². The van der Waals surface area contributed by atoms with Gasteiger partial charge in [0, 0.05) is 35.3 Å². The van der Waals surface area contributed by atoms with Crippen LogP contribution in [-0.4, -0.2) is 33.1 Å². The molecule has 1 aromatic carbocycles. The highest BCUT2D eigenvalue weighted by Crippen LogP contribution is 2.45. The lowest BCUT2D eigenvalue weighted by atomic mass is 10.0. The average Bonchev–Trinajstić information content (AvgIpc) is 3.21. The third kappa shape index (κ3) is 3.56. The zero-order chi connectivity index (χ0) is 20.4. The molecule has 29 heavy (non-hydrogen) atoms. The molecule has 1 aliphatic carbocycles. The Morgan fingerprint density at radius 1 is 1.24 bits per heavy atom. The maximum atomic E-state index is 13.3. The Bertz CT molecular complexity index is 1150. The highest BCUT2D eigenvalue weighted by atomic mass is 19.1. The zero-order valence-corrected chi connectivity index (χ0v) is 16.3. The standard InChI is InChI=1S/C12H10N4O.C10H12FN/c1-16-10(7-17)4-8-2-3-11(15-12(8)16)9-5-13-14-6-9;1-12-10(6-7-10)8-4-2-3-5-9(8)11/h2-7H,1H3,(H,13,14);2-5,12H,6-7H2,1H3. The second-order valence-corrected chi connectivity index (χ2v) is 7.15. The molecular formula is C22H22FN5O. The summed E-state index contributed by atoms with van der Waals surface area (Å²) in [5, 5.41) is 10.8. The smallest absolute Gasteiger partial charge is 0.166 e. The molecule has 0 saturated heterocycles. The van der Waals surface area contributed by atoms with Crippen molar-refractivity contribution in [2.75, 3.05) is 7.05 Å². The van der Waals surface area contributed by atoms with Gasteiger partial charge in [-0.15, -0.1) is 0 Å². The van der Waals surface area contributed by atoms with Crippen LogP contribution in [0.3, 0.4) is 0 Å². The Hall–Kier alpha value is -3.32. The third-order valence-electron chi connectivity index (χ3n) is 5.45. The number of carbonyl (C=O) groups is 1. The van der Waals surface area contributed by atoms with Crippen LogP contribution in [0.1, 0.15) is 28.9 Å². The van der Waals surface area contributed by atoms with Crippen LogP contribution in [0.25, 0.3) is 22.3 Å². The molecule has 148 valence electrons. The number of carbonyl (C=O) groups excluding carboxylic acids is 1. The van der Waals surface area contributed by atoms with Crippen LogP contribution in [0.15, 0.2) is 54.9 Å². The minimum atomic E-state index is -0.0932. The number of aromatic nitrogens is 4. The highest BCUT2D eigenvalue weighted by Gasteiger charge is 2.44. The molecule has 0 radical (unpaired) electrons. The van der Waals surface area contributed by atoms with Crippen LogP contribution in [0.4, 0.5) is 4.39 Å². The largest absolute Gasteiger partial charge is 0.326 e. The van der Waals surface area contributed by atoms with Gasteiger partial charge in [0.15, 0.2) is 6.29 Å². The van der Waals surface area contributed by atoms with Gasteiger partial charge in [-0.25, -0.2) is 9.37 Å². The van der Waals surface area contributed by atoms with Crippen molar-refractivity contribution >= 4 is 17.3 Å². The molecule has 2 N–H and O–H groups in total. The van der Waals surface area contributed by atoms with E-state index in [9.17, 15) is 9.18 Å². The van der Waals surface area contributed by atoms with Gasteiger partial charge in [0.25, 0.3) is 0 Å². The maximum Gasteiger partial charge on any atom is 0.166 e. The summed E-state index contributed by atoms with van der Waals surface area (Å²) in [6.45, 7) is 0. The monoisotopic (exact) mass is 391 g/mol. The zero-order valence-electron chi connectivity index (χ0n) is 16.3. The summed E-state index contributed by atoms with van der Waals surface area (Å²) in [5.74, 6) is -0.0932. The van der Waals surface area contributed by atoms with Crippen LogP contribution in [0.2, 0.25) is 0 Å². The lowest BCUT2D eigenvalue weighted by molar-refractivity contribution is 0.111. The Kier molecular flexibility index (Phi) is 4.98. The number of halogens is 1. The molecule has 4 aromatic rings. The summed E-state index contributed by atoms with van der Waals surface area (Å²) in [7, 11) is 3.72. The van der Waals surface area contributed by atoms with Gasteiger partial charge < -0.3 is 9.88 Å². The molecule has 1 saturated carbocycles.